The molecule has 7 nitrogen and oxygen atoms in total. The van der Waals surface area contributed by atoms with Crippen LogP contribution in [0.25, 0.3) is 22.0 Å². The third-order valence-corrected chi connectivity index (χ3v) is 4.91. The van der Waals surface area contributed by atoms with E-state index >= 15 is 0 Å². The fourth-order valence-electron chi connectivity index (χ4n) is 3.36. The molecule has 0 saturated heterocycles. The summed E-state index contributed by atoms with van der Waals surface area (Å²) in [5, 5.41) is 14.2. The van der Waals surface area contributed by atoms with Gasteiger partial charge < -0.3 is 24.5 Å². The molecule has 156 valence electrons. The van der Waals surface area contributed by atoms with Crippen LogP contribution in [0, 0.1) is 11.3 Å². The van der Waals surface area contributed by atoms with Crippen LogP contribution in [0.15, 0.2) is 61.1 Å². The highest BCUT2D eigenvalue weighted by Crippen LogP contribution is 2.37. The summed E-state index contributed by atoms with van der Waals surface area (Å²) in [5.41, 5.74) is 4.64. The summed E-state index contributed by atoms with van der Waals surface area (Å²) in [6, 6.07) is 15.9. The number of nitrogens with one attached hydrogen (secondary N) is 2. The average molecular weight is 414 g/mol. The molecule has 0 aliphatic carbocycles. The van der Waals surface area contributed by atoms with Gasteiger partial charge in [0.15, 0.2) is 11.5 Å². The number of nitriles is 1. The van der Waals surface area contributed by atoms with Gasteiger partial charge in [-0.1, -0.05) is 12.1 Å². The van der Waals surface area contributed by atoms with Gasteiger partial charge in [-0.3, -0.25) is 4.98 Å². The third kappa shape index (κ3) is 4.29. The number of anilines is 2. The van der Waals surface area contributed by atoms with Gasteiger partial charge in [-0.05, 0) is 41.3 Å². The number of methoxy groups -OCH3 is 2. The van der Waals surface area contributed by atoms with Gasteiger partial charge in [-0.15, -0.1) is 0 Å². The van der Waals surface area contributed by atoms with Gasteiger partial charge in [0.05, 0.1) is 25.0 Å². The Balaban J connectivity index is 1.72. The van der Waals surface area contributed by atoms with Crippen molar-refractivity contribution in [2.24, 2.45) is 0 Å². The second-order valence-corrected chi connectivity index (χ2v) is 6.83. The second kappa shape index (κ2) is 9.20. The summed E-state index contributed by atoms with van der Waals surface area (Å²) < 4.78 is 16.3. The van der Waals surface area contributed by atoms with Crippen LogP contribution in [0.1, 0.15) is 5.56 Å². The lowest BCUT2D eigenvalue weighted by Gasteiger charge is -2.16. The normalized spacial score (nSPS) is 10.6. The molecule has 0 atom stereocenters. The predicted molar refractivity (Wildman–Crippen MR) is 120 cm³/mol. The summed E-state index contributed by atoms with van der Waals surface area (Å²) in [6.07, 6.45) is 5.19. The molecule has 0 unspecified atom stereocenters. The molecule has 0 bridgehead atoms. The molecule has 31 heavy (non-hydrogen) atoms. The van der Waals surface area contributed by atoms with E-state index in [0.717, 1.165) is 27.7 Å². The number of aromatic amines is 1. The molecule has 0 amide bonds. The van der Waals surface area contributed by atoms with Crippen molar-refractivity contribution in [1.29, 1.82) is 5.26 Å². The molecule has 4 rings (SSSR count). The van der Waals surface area contributed by atoms with E-state index in [0.29, 0.717) is 36.0 Å². The van der Waals surface area contributed by atoms with Crippen LogP contribution in [0.2, 0.25) is 0 Å². The number of fused-ring (bicyclic) bond motifs is 1. The quantitative estimate of drug-likeness (QED) is 0.399. The van der Waals surface area contributed by atoms with Gasteiger partial charge in [0.1, 0.15) is 12.7 Å². The monoisotopic (exact) mass is 414 g/mol. The zero-order chi connectivity index (χ0) is 21.6. The molecule has 0 aliphatic heterocycles. The highest BCUT2D eigenvalue weighted by atomic mass is 16.5. The number of pyridine rings is 1. The molecule has 7 heteroatoms. The third-order valence-electron chi connectivity index (χ3n) is 4.91. The lowest BCUT2D eigenvalue weighted by molar-refractivity contribution is 0.144. The van der Waals surface area contributed by atoms with E-state index in [2.05, 4.69) is 21.4 Å². The Morgan fingerprint density at radius 1 is 1.03 bits per heavy atom. The first-order chi connectivity index (χ1) is 15.2. The highest BCUT2D eigenvalue weighted by molar-refractivity contribution is 5.88. The molecule has 2 aromatic carbocycles. The Hall–Kier alpha value is -4.02. The number of ether oxygens (including phenoxy) is 3. The molecular weight excluding hydrogens is 392 g/mol. The Kier molecular flexibility index (Phi) is 6.01. The zero-order valence-corrected chi connectivity index (χ0v) is 17.3. The summed E-state index contributed by atoms with van der Waals surface area (Å²) in [5.74, 6) is 1.22. The zero-order valence-electron chi connectivity index (χ0n) is 17.3. The number of hydrogen-bond donors (Lipinski definition) is 2. The Bertz CT molecular complexity index is 1240. The molecule has 2 aromatic heterocycles. The molecule has 0 fully saturated rings. The topological polar surface area (TPSA) is 92.2 Å². The molecule has 0 aliphatic rings. The van der Waals surface area contributed by atoms with Crippen molar-refractivity contribution in [3.63, 3.8) is 0 Å². The van der Waals surface area contributed by atoms with Crippen LogP contribution in [0.3, 0.4) is 0 Å². The van der Waals surface area contributed by atoms with Gasteiger partial charge >= 0.3 is 0 Å². The summed E-state index contributed by atoms with van der Waals surface area (Å²) in [6.45, 7) is 0.907. The van der Waals surface area contributed by atoms with Gasteiger partial charge in [0.25, 0.3) is 0 Å². The van der Waals surface area contributed by atoms with E-state index in [1.54, 1.807) is 26.6 Å². The molecular formula is C24H22N4O3. The fraction of sp³-hybridized carbons (Fsp3) is 0.167. The number of nitrogens with zero attached hydrogens (tertiary/aromatic N) is 2. The van der Waals surface area contributed by atoms with Crippen molar-refractivity contribution >= 4 is 22.3 Å². The van der Waals surface area contributed by atoms with E-state index in [-0.39, 0.29) is 0 Å². The van der Waals surface area contributed by atoms with Crippen LogP contribution in [0.4, 0.5) is 11.4 Å². The molecule has 2 heterocycles. The Labute approximate surface area is 180 Å². The van der Waals surface area contributed by atoms with E-state index in [9.17, 15) is 5.26 Å². The molecule has 0 saturated carbocycles. The minimum atomic E-state index is 0.422. The minimum Gasteiger partial charge on any atom is -0.493 e. The van der Waals surface area contributed by atoms with E-state index in [1.165, 1.54) is 0 Å². The largest absolute Gasteiger partial charge is 0.493 e. The van der Waals surface area contributed by atoms with Crippen molar-refractivity contribution in [2.45, 2.75) is 0 Å². The standard InChI is InChI=1S/C24H22N4O3/c1-29-9-10-31-22-6-4-17(11-23(22)30-2)20-15-26-14-18(13-25)24(20)28-19-5-3-16-7-8-27-21(16)12-19/h3-8,11-12,14-15,27H,9-10H2,1-2H3,(H,26,28). The maximum atomic E-state index is 9.68. The SMILES string of the molecule is COCCOc1ccc(-c2cncc(C#N)c2Nc2ccc3cc[nH]c3c2)cc1OC. The van der Waals surface area contributed by atoms with E-state index in [4.69, 9.17) is 14.2 Å². The van der Waals surface area contributed by atoms with Crippen LogP contribution in [0.5, 0.6) is 11.5 Å². The smallest absolute Gasteiger partial charge is 0.161 e. The number of H-pyrrole nitrogens is 1. The maximum Gasteiger partial charge on any atom is 0.161 e. The molecule has 0 radical (unpaired) electrons. The van der Waals surface area contributed by atoms with E-state index in [1.807, 2.05) is 48.7 Å². The summed E-state index contributed by atoms with van der Waals surface area (Å²) >= 11 is 0. The lowest BCUT2D eigenvalue weighted by Crippen LogP contribution is -2.05. The predicted octanol–water partition coefficient (Wildman–Crippen LogP) is 4.88. The van der Waals surface area contributed by atoms with Crippen LogP contribution in [-0.4, -0.2) is 37.4 Å². The molecule has 0 spiro atoms. The van der Waals surface area contributed by atoms with Crippen molar-refractivity contribution in [1.82, 2.24) is 9.97 Å². The van der Waals surface area contributed by atoms with Crippen LogP contribution in [-0.2, 0) is 4.74 Å². The van der Waals surface area contributed by atoms with E-state index < -0.39 is 0 Å². The molecule has 4 aromatic rings. The van der Waals surface area contributed by atoms with Gasteiger partial charge in [0.2, 0.25) is 0 Å². The van der Waals surface area contributed by atoms with Crippen molar-refractivity contribution in [2.75, 3.05) is 32.8 Å². The number of benzene rings is 2. The fourth-order valence-corrected chi connectivity index (χ4v) is 3.36. The van der Waals surface area contributed by atoms with Gasteiger partial charge in [0, 0.05) is 42.5 Å². The summed E-state index contributed by atoms with van der Waals surface area (Å²) in [4.78, 5) is 7.46. The first-order valence-corrected chi connectivity index (χ1v) is 9.76. The van der Waals surface area contributed by atoms with Crippen molar-refractivity contribution in [3.05, 3.63) is 66.6 Å². The first kappa shape index (κ1) is 20.3. The average Bonchev–Trinajstić information content (AvgIpc) is 3.27. The maximum absolute atomic E-state index is 9.68. The van der Waals surface area contributed by atoms with Crippen LogP contribution >= 0.6 is 0 Å². The number of rotatable bonds is 8. The lowest BCUT2D eigenvalue weighted by atomic mass is 10.0. The Morgan fingerprint density at radius 2 is 1.94 bits per heavy atom. The van der Waals surface area contributed by atoms with Gasteiger partial charge in [-0.2, -0.15) is 5.26 Å². The number of hydrogen-bond acceptors (Lipinski definition) is 6. The highest BCUT2D eigenvalue weighted by Gasteiger charge is 2.15. The Morgan fingerprint density at radius 3 is 2.74 bits per heavy atom. The van der Waals surface area contributed by atoms with Crippen molar-refractivity contribution < 1.29 is 14.2 Å². The van der Waals surface area contributed by atoms with Gasteiger partial charge in [-0.25, -0.2) is 0 Å². The van der Waals surface area contributed by atoms with Crippen LogP contribution < -0.4 is 14.8 Å². The number of aromatic nitrogens is 2. The second-order valence-electron chi connectivity index (χ2n) is 6.83. The minimum absolute atomic E-state index is 0.422. The van der Waals surface area contributed by atoms with Crippen molar-refractivity contribution in [3.8, 4) is 28.7 Å². The molecule has 2 N–H and O–H groups in total. The first-order valence-electron chi connectivity index (χ1n) is 9.76. The summed E-state index contributed by atoms with van der Waals surface area (Å²) in [7, 11) is 3.22.